The smallest absolute Gasteiger partial charge is 0.227 e. The Kier molecular flexibility index (Phi) is 6.42. The lowest BCUT2D eigenvalue weighted by molar-refractivity contribution is -0.117. The van der Waals surface area contributed by atoms with Crippen LogP contribution in [0.2, 0.25) is 0 Å². The van der Waals surface area contributed by atoms with Crippen molar-refractivity contribution in [2.75, 3.05) is 25.2 Å². The van der Waals surface area contributed by atoms with Crippen LogP contribution in [0.4, 0.5) is 5.69 Å². The molecule has 180 valence electrons. The maximum Gasteiger partial charge on any atom is 0.227 e. The van der Waals surface area contributed by atoms with E-state index >= 15 is 0 Å². The first-order chi connectivity index (χ1) is 17.0. The van der Waals surface area contributed by atoms with E-state index in [1.165, 1.54) is 0 Å². The summed E-state index contributed by atoms with van der Waals surface area (Å²) in [4.78, 5) is 19.6. The summed E-state index contributed by atoms with van der Waals surface area (Å²) in [6.07, 6.45) is -0.367. The Morgan fingerprint density at radius 1 is 1.03 bits per heavy atom. The molecule has 0 spiro atoms. The van der Waals surface area contributed by atoms with E-state index in [4.69, 9.17) is 14.5 Å². The van der Waals surface area contributed by atoms with E-state index in [9.17, 15) is 9.90 Å². The predicted octanol–water partition coefficient (Wildman–Crippen LogP) is 4.31. The van der Waals surface area contributed by atoms with Crippen LogP contribution < -0.4 is 14.4 Å². The number of fused-ring (bicyclic) bond motifs is 1. The van der Waals surface area contributed by atoms with Crippen LogP contribution in [-0.2, 0) is 11.3 Å². The normalized spacial score (nSPS) is 16.6. The Morgan fingerprint density at radius 3 is 2.49 bits per heavy atom. The van der Waals surface area contributed by atoms with Crippen LogP contribution in [0.3, 0.4) is 0 Å². The summed E-state index contributed by atoms with van der Waals surface area (Å²) in [5.74, 6) is 2.25. The highest BCUT2D eigenvalue weighted by Crippen LogP contribution is 2.33. The number of rotatable bonds is 8. The van der Waals surface area contributed by atoms with Crippen molar-refractivity contribution >= 4 is 22.6 Å². The van der Waals surface area contributed by atoms with Gasteiger partial charge in [-0.25, -0.2) is 4.98 Å². The zero-order chi connectivity index (χ0) is 24.4. The third-order valence-corrected chi connectivity index (χ3v) is 6.42. The maximum atomic E-state index is 12.9. The summed E-state index contributed by atoms with van der Waals surface area (Å²) >= 11 is 0. The molecule has 3 aromatic carbocycles. The average molecular weight is 472 g/mol. The molecule has 2 unspecified atom stereocenters. The van der Waals surface area contributed by atoms with Crippen molar-refractivity contribution in [3.8, 4) is 11.5 Å². The van der Waals surface area contributed by atoms with Gasteiger partial charge in [-0.3, -0.25) is 4.79 Å². The molecule has 1 amide bonds. The largest absolute Gasteiger partial charge is 0.497 e. The number of aliphatic hydroxyl groups is 1. The Balaban J connectivity index is 1.35. The van der Waals surface area contributed by atoms with Gasteiger partial charge in [0.15, 0.2) is 0 Å². The third-order valence-electron chi connectivity index (χ3n) is 6.42. The Morgan fingerprint density at radius 2 is 1.74 bits per heavy atom. The van der Waals surface area contributed by atoms with E-state index < -0.39 is 6.10 Å². The molecule has 0 radical (unpaired) electrons. The highest BCUT2D eigenvalue weighted by molar-refractivity contribution is 5.96. The molecule has 1 aliphatic rings. The molecule has 4 aromatic rings. The van der Waals surface area contributed by atoms with Gasteiger partial charge in [-0.1, -0.05) is 29.8 Å². The van der Waals surface area contributed by atoms with Crippen molar-refractivity contribution in [2.24, 2.45) is 0 Å². The van der Waals surface area contributed by atoms with Crippen molar-refractivity contribution in [1.82, 2.24) is 9.55 Å². The molecule has 1 N–H and O–H groups in total. The van der Waals surface area contributed by atoms with Crippen LogP contribution in [0.15, 0.2) is 72.8 Å². The molecule has 1 saturated heterocycles. The van der Waals surface area contributed by atoms with Gasteiger partial charge in [-0.2, -0.15) is 0 Å². The Labute approximate surface area is 204 Å². The number of para-hydroxylation sites is 2. The predicted molar refractivity (Wildman–Crippen MR) is 135 cm³/mol. The lowest BCUT2D eigenvalue weighted by atomic mass is 10.1. The van der Waals surface area contributed by atoms with Crippen LogP contribution in [-0.4, -0.2) is 46.9 Å². The first kappa shape index (κ1) is 22.9. The number of aliphatic hydroxyl groups excluding tert-OH is 1. The highest BCUT2D eigenvalue weighted by atomic mass is 16.5. The summed E-state index contributed by atoms with van der Waals surface area (Å²) in [5.41, 5.74) is 3.85. The van der Waals surface area contributed by atoms with Crippen LogP contribution in [0.25, 0.3) is 11.0 Å². The molecule has 35 heavy (non-hydrogen) atoms. The molecular weight excluding hydrogens is 442 g/mol. The number of carbonyl (C=O) groups excluding carboxylic acids is 1. The lowest BCUT2D eigenvalue weighted by Crippen LogP contribution is -2.26. The van der Waals surface area contributed by atoms with E-state index in [1.54, 1.807) is 7.11 Å². The number of benzene rings is 3. The SMILES string of the molecule is COc1ccc(OCC(O)Cn2c(C3CC(=O)N(c4ccc(C)cc4)C3)nc3ccccc32)cc1. The first-order valence-corrected chi connectivity index (χ1v) is 11.8. The summed E-state index contributed by atoms with van der Waals surface area (Å²) < 4.78 is 13.0. The van der Waals surface area contributed by atoms with Crippen LogP contribution in [0.1, 0.15) is 23.7 Å². The molecule has 5 rings (SSSR count). The van der Waals surface area contributed by atoms with Crippen molar-refractivity contribution < 1.29 is 19.4 Å². The Bertz CT molecular complexity index is 1310. The number of hydrogen-bond donors (Lipinski definition) is 1. The number of ether oxygens (including phenoxy) is 2. The van der Waals surface area contributed by atoms with Gasteiger partial charge in [-0.05, 0) is 55.5 Å². The van der Waals surface area contributed by atoms with E-state index in [-0.39, 0.29) is 18.4 Å². The van der Waals surface area contributed by atoms with Gasteiger partial charge in [0.25, 0.3) is 0 Å². The minimum absolute atomic E-state index is 0.0640. The highest BCUT2D eigenvalue weighted by Gasteiger charge is 2.35. The van der Waals surface area contributed by atoms with Gasteiger partial charge in [0.05, 0.1) is 24.7 Å². The average Bonchev–Trinajstić information content (AvgIpc) is 3.44. The van der Waals surface area contributed by atoms with E-state index in [0.717, 1.165) is 33.9 Å². The number of amides is 1. The second-order valence-electron chi connectivity index (χ2n) is 8.95. The van der Waals surface area contributed by atoms with Crippen molar-refractivity contribution in [2.45, 2.75) is 31.9 Å². The number of aromatic nitrogens is 2. The van der Waals surface area contributed by atoms with Gasteiger partial charge in [0.1, 0.15) is 30.0 Å². The van der Waals surface area contributed by atoms with Gasteiger partial charge in [0.2, 0.25) is 5.91 Å². The molecule has 1 aliphatic heterocycles. The van der Waals surface area contributed by atoms with Gasteiger partial charge in [-0.15, -0.1) is 0 Å². The van der Waals surface area contributed by atoms with Crippen LogP contribution in [0, 0.1) is 6.92 Å². The molecule has 0 bridgehead atoms. The molecule has 2 heterocycles. The molecule has 0 aliphatic carbocycles. The summed E-state index contributed by atoms with van der Waals surface area (Å²) in [6, 6.07) is 23.1. The molecular formula is C28H29N3O4. The van der Waals surface area contributed by atoms with E-state index in [0.29, 0.717) is 25.3 Å². The molecule has 1 fully saturated rings. The quantitative estimate of drug-likeness (QED) is 0.414. The second-order valence-corrected chi connectivity index (χ2v) is 8.95. The summed E-state index contributed by atoms with van der Waals surface area (Å²) in [7, 11) is 1.62. The minimum atomic E-state index is -0.751. The maximum absolute atomic E-state index is 12.9. The first-order valence-electron chi connectivity index (χ1n) is 11.8. The molecule has 0 saturated carbocycles. The zero-order valence-electron chi connectivity index (χ0n) is 19.9. The minimum Gasteiger partial charge on any atom is -0.497 e. The molecule has 1 aromatic heterocycles. The second kappa shape index (κ2) is 9.80. The summed E-state index contributed by atoms with van der Waals surface area (Å²) in [5, 5.41) is 10.8. The van der Waals surface area contributed by atoms with Crippen molar-refractivity contribution in [3.05, 3.63) is 84.2 Å². The number of nitrogens with zero attached hydrogens (tertiary/aromatic N) is 3. The lowest BCUT2D eigenvalue weighted by Gasteiger charge is -2.19. The fourth-order valence-corrected chi connectivity index (χ4v) is 4.58. The van der Waals surface area contributed by atoms with Crippen molar-refractivity contribution in [1.29, 1.82) is 0 Å². The summed E-state index contributed by atoms with van der Waals surface area (Å²) in [6.45, 7) is 3.05. The molecule has 7 heteroatoms. The van der Waals surface area contributed by atoms with Crippen LogP contribution >= 0.6 is 0 Å². The monoisotopic (exact) mass is 471 g/mol. The Hall–Kier alpha value is -3.84. The van der Waals surface area contributed by atoms with Gasteiger partial charge in [0, 0.05) is 24.6 Å². The number of anilines is 1. The molecule has 2 atom stereocenters. The topological polar surface area (TPSA) is 76.8 Å². The number of imidazole rings is 1. The van der Waals surface area contributed by atoms with E-state index in [2.05, 4.69) is 0 Å². The fraction of sp³-hybridized carbons (Fsp3) is 0.286. The number of methoxy groups -OCH3 is 1. The standard InChI is InChI=1S/C28H29N3O4/c1-19-7-9-21(10-8-19)30-16-20(15-27(30)33)28-29-25-5-3-4-6-26(25)31(28)17-22(32)18-35-24-13-11-23(34-2)12-14-24/h3-14,20,22,32H,15-18H2,1-2H3. The third kappa shape index (κ3) is 4.86. The zero-order valence-corrected chi connectivity index (χ0v) is 19.9. The fourth-order valence-electron chi connectivity index (χ4n) is 4.58. The molecule has 7 nitrogen and oxygen atoms in total. The van der Waals surface area contributed by atoms with Gasteiger partial charge < -0.3 is 24.0 Å². The van der Waals surface area contributed by atoms with Crippen molar-refractivity contribution in [3.63, 3.8) is 0 Å². The number of carbonyl (C=O) groups is 1. The number of aryl methyl sites for hydroxylation is 1. The number of hydrogen-bond acceptors (Lipinski definition) is 5. The van der Waals surface area contributed by atoms with E-state index in [1.807, 2.05) is 89.2 Å². The van der Waals surface area contributed by atoms with Crippen LogP contribution in [0.5, 0.6) is 11.5 Å². The van der Waals surface area contributed by atoms with Gasteiger partial charge >= 0.3 is 0 Å².